The number of hydrogen-bond donors (Lipinski definition) is 0. The van der Waals surface area contributed by atoms with Gasteiger partial charge in [0.15, 0.2) is 5.78 Å². The molecule has 0 N–H and O–H groups in total. The van der Waals surface area contributed by atoms with Crippen LogP contribution in [0.2, 0.25) is 0 Å². The van der Waals surface area contributed by atoms with Crippen LogP contribution in [0.5, 0.6) is 0 Å². The fourth-order valence-corrected chi connectivity index (χ4v) is 6.68. The van der Waals surface area contributed by atoms with Crippen LogP contribution in [0, 0.1) is 38.5 Å². The Bertz CT molecular complexity index is 1720. The SMILES string of the molecule is C=Cc1c2[n-]c(c1C)/C=C1\[N-]/C(=C3\c4[n-]c(c(C)c4C(=O)[C@@H]3C)/C=c3\[n-]/c(c(C)c3CC)=C\2)[C@@H](CC)[C@@H]1C.[Mg+2]. The monoisotopic (exact) mass is 526 g/mol. The number of rotatable bonds is 3. The average molecular weight is 527 g/mol. The van der Waals surface area contributed by atoms with Gasteiger partial charge in [0.2, 0.25) is 0 Å². The summed E-state index contributed by atoms with van der Waals surface area (Å²) in [6, 6.07) is 0. The van der Waals surface area contributed by atoms with Gasteiger partial charge in [-0.1, -0.05) is 92.8 Å². The number of allylic oxidation sites excluding steroid dienone is 3. The molecule has 6 rings (SSSR count). The molecule has 0 spiro atoms. The normalized spacial score (nSPS) is 26.2. The molecule has 0 amide bonds. The molecule has 3 aliphatic rings. The molecule has 1 fully saturated rings. The third-order valence-corrected chi connectivity index (χ3v) is 9.02. The molecular weight excluding hydrogens is 493 g/mol. The fraction of sp³-hybridized carbons (Fsp3) is 0.364. The summed E-state index contributed by atoms with van der Waals surface area (Å²) in [5.74, 6) is 0.345. The molecule has 3 aromatic heterocycles. The standard InChI is InChI=1S/C33H35N4O.Mg/c1-9-20-15(4)23-12-25-17(6)22(11-3)31(36-25)29-19(8)33(38)30-18(7)26(37-32(29)30)14-28-21(10-2)16(5)24(35-28)13-27(20)34-23;/h9,12-14,17,19,22H,1,10-11H2,2-8H3,(H-,36,37,38);/q-3;+2/p-1/b24-13-,25-12-,28-14-;/t17-,19+,22-;/m0./s1. The van der Waals surface area contributed by atoms with Crippen molar-refractivity contribution in [2.75, 3.05) is 0 Å². The maximum Gasteiger partial charge on any atom is 2.00 e. The van der Waals surface area contributed by atoms with E-state index in [4.69, 9.17) is 20.3 Å². The van der Waals surface area contributed by atoms with Gasteiger partial charge in [-0.05, 0) is 44.6 Å². The maximum absolute atomic E-state index is 13.6. The van der Waals surface area contributed by atoms with Crippen LogP contribution in [0.1, 0.15) is 95.1 Å². The van der Waals surface area contributed by atoms with Crippen molar-refractivity contribution in [3.05, 3.63) is 90.1 Å². The van der Waals surface area contributed by atoms with E-state index >= 15 is 0 Å². The van der Waals surface area contributed by atoms with Crippen molar-refractivity contribution in [2.45, 2.75) is 61.3 Å². The Balaban J connectivity index is 0.00000308. The molecule has 0 saturated carbocycles. The fourth-order valence-electron chi connectivity index (χ4n) is 6.68. The Morgan fingerprint density at radius 3 is 2.26 bits per heavy atom. The van der Waals surface area contributed by atoms with Gasteiger partial charge in [0.25, 0.3) is 0 Å². The summed E-state index contributed by atoms with van der Waals surface area (Å²) >= 11 is 0. The van der Waals surface area contributed by atoms with Gasteiger partial charge in [0.1, 0.15) is 0 Å². The van der Waals surface area contributed by atoms with Crippen molar-refractivity contribution in [3.63, 3.8) is 0 Å². The second kappa shape index (κ2) is 9.90. The van der Waals surface area contributed by atoms with E-state index in [2.05, 4.69) is 59.4 Å². The van der Waals surface area contributed by atoms with Gasteiger partial charge >= 0.3 is 23.1 Å². The van der Waals surface area contributed by atoms with Gasteiger partial charge < -0.3 is 20.3 Å². The predicted molar refractivity (Wildman–Crippen MR) is 160 cm³/mol. The summed E-state index contributed by atoms with van der Waals surface area (Å²) in [4.78, 5) is 28.8. The third-order valence-electron chi connectivity index (χ3n) is 9.02. The van der Waals surface area contributed by atoms with Gasteiger partial charge in [-0.25, -0.2) is 0 Å². The molecule has 5 nitrogen and oxygen atoms in total. The van der Waals surface area contributed by atoms with Crippen molar-refractivity contribution in [3.8, 4) is 0 Å². The van der Waals surface area contributed by atoms with Crippen LogP contribution in [0.15, 0.2) is 18.0 Å². The molecule has 6 heteroatoms. The summed E-state index contributed by atoms with van der Waals surface area (Å²) in [5.41, 5.74) is 12.6. The van der Waals surface area contributed by atoms with E-state index in [0.29, 0.717) is 0 Å². The minimum absolute atomic E-state index is 0. The molecule has 0 radical (unpaired) electrons. The van der Waals surface area contributed by atoms with E-state index in [1.165, 1.54) is 5.56 Å². The number of aromatic nitrogens is 3. The average Bonchev–Trinajstić information content (AvgIpc) is 3.61. The minimum atomic E-state index is -0.247. The first-order chi connectivity index (χ1) is 18.2. The van der Waals surface area contributed by atoms with E-state index in [1.54, 1.807) is 0 Å². The van der Waals surface area contributed by atoms with Crippen LogP contribution in [0.25, 0.3) is 35.2 Å². The number of carbonyl (C=O) groups is 1. The molecular formula is C33H34MgN4O-2. The summed E-state index contributed by atoms with van der Waals surface area (Å²) in [6.07, 6.45) is 9.96. The van der Waals surface area contributed by atoms with E-state index in [-0.39, 0.29) is 46.6 Å². The van der Waals surface area contributed by atoms with E-state index in [1.807, 2.05) is 19.9 Å². The van der Waals surface area contributed by atoms with Gasteiger partial charge in [0, 0.05) is 11.5 Å². The zero-order valence-corrected chi connectivity index (χ0v) is 25.5. The Hall–Kier alpha value is -2.96. The van der Waals surface area contributed by atoms with Crippen LogP contribution in [-0.2, 0) is 6.42 Å². The molecule has 3 aromatic rings. The van der Waals surface area contributed by atoms with E-state index in [9.17, 15) is 4.79 Å². The van der Waals surface area contributed by atoms with Crippen LogP contribution >= 0.6 is 0 Å². The van der Waals surface area contributed by atoms with Crippen LogP contribution in [0.3, 0.4) is 0 Å². The molecule has 8 bridgehead atoms. The zero-order valence-electron chi connectivity index (χ0n) is 24.1. The minimum Gasteiger partial charge on any atom is -0.664 e. The maximum atomic E-state index is 13.6. The van der Waals surface area contributed by atoms with Gasteiger partial charge in [-0.3, -0.25) is 4.79 Å². The van der Waals surface area contributed by atoms with E-state index in [0.717, 1.165) is 91.1 Å². The van der Waals surface area contributed by atoms with Gasteiger partial charge in [-0.15, -0.1) is 33.5 Å². The third kappa shape index (κ3) is 3.90. The Labute approximate surface area is 246 Å². The molecule has 2 aliphatic heterocycles. The smallest absolute Gasteiger partial charge is 0.664 e. The van der Waals surface area contributed by atoms with E-state index < -0.39 is 0 Å². The number of fused-ring (bicyclic) bond motifs is 7. The van der Waals surface area contributed by atoms with Crippen molar-refractivity contribution >= 4 is 58.7 Å². The summed E-state index contributed by atoms with van der Waals surface area (Å²) in [6.45, 7) is 18.9. The van der Waals surface area contributed by atoms with Gasteiger partial charge in [-0.2, -0.15) is 11.4 Å². The largest absolute Gasteiger partial charge is 2.00 e. The first kappa shape index (κ1) is 27.6. The summed E-state index contributed by atoms with van der Waals surface area (Å²) in [5, 5.41) is 7.04. The van der Waals surface area contributed by atoms with Crippen LogP contribution in [0.4, 0.5) is 0 Å². The first-order valence-corrected chi connectivity index (χ1v) is 13.7. The number of hydrogen-bond acceptors (Lipinski definition) is 1. The molecule has 0 aromatic carbocycles. The molecule has 1 aliphatic carbocycles. The topological polar surface area (TPSA) is 73.5 Å². The van der Waals surface area contributed by atoms with Crippen LogP contribution in [-0.4, -0.2) is 28.8 Å². The number of ketones is 1. The predicted octanol–water partition coefficient (Wildman–Crippen LogP) is 4.91. The quantitative estimate of drug-likeness (QED) is 0.454. The zero-order chi connectivity index (χ0) is 27.0. The molecule has 1 saturated heterocycles. The summed E-state index contributed by atoms with van der Waals surface area (Å²) in [7, 11) is 0. The number of nitrogens with zero attached hydrogens (tertiary/aromatic N) is 4. The Kier molecular flexibility index (Phi) is 7.00. The first-order valence-electron chi connectivity index (χ1n) is 13.7. The number of carbonyl (C=O) groups excluding carboxylic acids is 1. The Morgan fingerprint density at radius 2 is 1.59 bits per heavy atom. The second-order valence-corrected chi connectivity index (χ2v) is 11.0. The summed E-state index contributed by atoms with van der Waals surface area (Å²) < 4.78 is 0. The van der Waals surface area contributed by atoms with Crippen molar-refractivity contribution in [1.82, 2.24) is 15.0 Å². The Morgan fingerprint density at radius 1 is 0.897 bits per heavy atom. The van der Waals surface area contributed by atoms with Crippen LogP contribution < -0.4 is 25.7 Å². The van der Waals surface area contributed by atoms with Crippen molar-refractivity contribution in [1.29, 1.82) is 0 Å². The van der Waals surface area contributed by atoms with Crippen molar-refractivity contribution in [2.24, 2.45) is 17.8 Å². The van der Waals surface area contributed by atoms with Crippen molar-refractivity contribution < 1.29 is 4.79 Å². The molecule has 39 heavy (non-hydrogen) atoms. The number of Topliss-reactive ketones (excluding diaryl/α,β-unsaturated/α-hetero) is 1. The molecule has 196 valence electrons. The molecule has 5 heterocycles. The molecule has 3 atom stereocenters. The molecule has 0 unspecified atom stereocenters. The van der Waals surface area contributed by atoms with Gasteiger partial charge in [0.05, 0.1) is 0 Å². The second-order valence-electron chi connectivity index (χ2n) is 11.0.